The Balaban J connectivity index is 2.67. The van der Waals surface area contributed by atoms with Gasteiger partial charge in [-0.3, -0.25) is 0 Å². The predicted molar refractivity (Wildman–Crippen MR) is 56.5 cm³/mol. The molecule has 0 heterocycles. The third kappa shape index (κ3) is 2.46. The summed E-state index contributed by atoms with van der Waals surface area (Å²) in [6.07, 6.45) is 2.11. The molecule has 78 valence electrons. The summed E-state index contributed by atoms with van der Waals surface area (Å²) in [4.78, 5) is 0. The van der Waals surface area contributed by atoms with Gasteiger partial charge in [0.2, 0.25) is 0 Å². The molecule has 0 bridgehead atoms. The Hall–Kier alpha value is -0.0400. The average molecular weight is 184 g/mol. The molecule has 0 aromatic heterocycles. The van der Waals surface area contributed by atoms with E-state index >= 15 is 0 Å². The van der Waals surface area contributed by atoms with Crippen LogP contribution < -0.4 is 0 Å². The second-order valence-electron chi connectivity index (χ2n) is 5.97. The van der Waals surface area contributed by atoms with Crippen molar-refractivity contribution in [2.24, 2.45) is 23.2 Å². The molecule has 1 aliphatic carbocycles. The molecule has 13 heavy (non-hydrogen) atoms. The van der Waals surface area contributed by atoms with E-state index < -0.39 is 0 Å². The summed E-state index contributed by atoms with van der Waals surface area (Å²) < 4.78 is 0. The van der Waals surface area contributed by atoms with Gasteiger partial charge < -0.3 is 5.11 Å². The van der Waals surface area contributed by atoms with Crippen LogP contribution in [0.5, 0.6) is 0 Å². The summed E-state index contributed by atoms with van der Waals surface area (Å²) in [6, 6.07) is 0. The van der Waals surface area contributed by atoms with Crippen LogP contribution in [0.3, 0.4) is 0 Å². The lowest BCUT2D eigenvalue weighted by Gasteiger charge is -2.43. The monoisotopic (exact) mass is 184 g/mol. The highest BCUT2D eigenvalue weighted by molar-refractivity contribution is 4.87. The predicted octanol–water partition coefficient (Wildman–Crippen LogP) is 3.08. The van der Waals surface area contributed by atoms with Gasteiger partial charge in [0.15, 0.2) is 0 Å². The van der Waals surface area contributed by atoms with Crippen molar-refractivity contribution in [2.75, 3.05) is 0 Å². The molecule has 1 saturated carbocycles. The smallest absolute Gasteiger partial charge is 0.0568 e. The first-order valence-electron chi connectivity index (χ1n) is 5.50. The van der Waals surface area contributed by atoms with Crippen LogP contribution in [0.15, 0.2) is 0 Å². The minimum absolute atomic E-state index is 0.0615. The maximum Gasteiger partial charge on any atom is 0.0568 e. The summed E-state index contributed by atoms with van der Waals surface area (Å²) in [5.74, 6) is 1.93. The summed E-state index contributed by atoms with van der Waals surface area (Å²) in [5, 5.41) is 9.73. The zero-order valence-corrected chi connectivity index (χ0v) is 9.67. The van der Waals surface area contributed by atoms with E-state index in [-0.39, 0.29) is 6.10 Å². The molecule has 0 amide bonds. The minimum Gasteiger partial charge on any atom is -0.393 e. The number of rotatable bonds is 0. The lowest BCUT2D eigenvalue weighted by Crippen LogP contribution is -2.38. The second kappa shape index (κ2) is 3.61. The van der Waals surface area contributed by atoms with Gasteiger partial charge in [0.25, 0.3) is 0 Å². The minimum atomic E-state index is -0.0615. The van der Waals surface area contributed by atoms with Crippen LogP contribution >= 0.6 is 0 Å². The molecule has 1 fully saturated rings. The molecule has 1 heteroatoms. The molecule has 1 aliphatic rings. The number of hydrogen-bond acceptors (Lipinski definition) is 1. The van der Waals surface area contributed by atoms with E-state index in [1.807, 2.05) is 0 Å². The second-order valence-corrected chi connectivity index (χ2v) is 5.97. The zero-order valence-electron chi connectivity index (χ0n) is 9.67. The maximum atomic E-state index is 9.73. The maximum absolute atomic E-state index is 9.73. The third-order valence-corrected chi connectivity index (χ3v) is 3.70. The molecule has 1 rings (SSSR count). The molecule has 0 radical (unpaired) electrons. The zero-order chi connectivity index (χ0) is 10.2. The van der Waals surface area contributed by atoms with Crippen molar-refractivity contribution in [3.8, 4) is 0 Å². The van der Waals surface area contributed by atoms with Gasteiger partial charge in [-0.15, -0.1) is 0 Å². The molecule has 0 aromatic carbocycles. The fourth-order valence-corrected chi connectivity index (χ4v) is 2.77. The lowest BCUT2D eigenvalue weighted by molar-refractivity contribution is -0.00718. The van der Waals surface area contributed by atoms with Crippen molar-refractivity contribution in [1.82, 2.24) is 0 Å². The fourth-order valence-electron chi connectivity index (χ4n) is 2.77. The summed E-state index contributed by atoms with van der Waals surface area (Å²) in [7, 11) is 0. The number of aliphatic hydroxyl groups is 1. The molecular formula is C12H24O. The molecule has 4 atom stereocenters. The largest absolute Gasteiger partial charge is 0.393 e. The van der Waals surface area contributed by atoms with Gasteiger partial charge in [0, 0.05) is 0 Å². The Labute approximate surface area is 82.5 Å². The van der Waals surface area contributed by atoms with Gasteiger partial charge in [-0.2, -0.15) is 0 Å². The summed E-state index contributed by atoms with van der Waals surface area (Å²) in [5.41, 5.74) is 0.397. The SMILES string of the molecule is CC1CC(C(C)(C)C)C(C)CC1O. The first-order chi connectivity index (χ1) is 5.82. The van der Waals surface area contributed by atoms with E-state index in [2.05, 4.69) is 34.6 Å². The van der Waals surface area contributed by atoms with Crippen molar-refractivity contribution in [3.63, 3.8) is 0 Å². The summed E-state index contributed by atoms with van der Waals surface area (Å²) >= 11 is 0. The highest BCUT2D eigenvalue weighted by atomic mass is 16.3. The Kier molecular flexibility index (Phi) is 3.06. The topological polar surface area (TPSA) is 20.2 Å². The third-order valence-electron chi connectivity index (χ3n) is 3.70. The Morgan fingerprint density at radius 2 is 1.54 bits per heavy atom. The fraction of sp³-hybridized carbons (Fsp3) is 1.00. The summed E-state index contributed by atoms with van der Waals surface area (Å²) in [6.45, 7) is 11.4. The van der Waals surface area contributed by atoms with E-state index in [0.717, 1.165) is 12.3 Å². The van der Waals surface area contributed by atoms with Crippen LogP contribution in [-0.4, -0.2) is 11.2 Å². The van der Waals surface area contributed by atoms with Gasteiger partial charge in [-0.05, 0) is 36.0 Å². The quantitative estimate of drug-likeness (QED) is 0.613. The first-order valence-corrected chi connectivity index (χ1v) is 5.50. The van der Waals surface area contributed by atoms with Crippen molar-refractivity contribution >= 4 is 0 Å². The van der Waals surface area contributed by atoms with Crippen molar-refractivity contribution in [2.45, 2.75) is 53.6 Å². The van der Waals surface area contributed by atoms with Gasteiger partial charge >= 0.3 is 0 Å². The molecule has 0 saturated heterocycles. The van der Waals surface area contributed by atoms with Crippen molar-refractivity contribution in [1.29, 1.82) is 0 Å². The Morgan fingerprint density at radius 1 is 1.00 bits per heavy atom. The van der Waals surface area contributed by atoms with Gasteiger partial charge in [-0.1, -0.05) is 34.6 Å². The van der Waals surface area contributed by atoms with Crippen LogP contribution in [0, 0.1) is 23.2 Å². The van der Waals surface area contributed by atoms with Crippen LogP contribution in [0.2, 0.25) is 0 Å². The average Bonchev–Trinajstić information content (AvgIpc) is 1.94. The highest BCUT2D eigenvalue weighted by Gasteiger charge is 2.37. The van der Waals surface area contributed by atoms with Crippen LogP contribution in [-0.2, 0) is 0 Å². The molecule has 0 aromatic rings. The van der Waals surface area contributed by atoms with Gasteiger partial charge in [-0.25, -0.2) is 0 Å². The normalized spacial score (nSPS) is 42.0. The number of aliphatic hydroxyl groups excluding tert-OH is 1. The first kappa shape index (κ1) is 11.0. The van der Waals surface area contributed by atoms with Crippen LogP contribution in [0.1, 0.15) is 47.5 Å². The van der Waals surface area contributed by atoms with Crippen LogP contribution in [0.4, 0.5) is 0 Å². The van der Waals surface area contributed by atoms with E-state index in [1.54, 1.807) is 0 Å². The van der Waals surface area contributed by atoms with E-state index in [0.29, 0.717) is 17.3 Å². The molecule has 1 N–H and O–H groups in total. The van der Waals surface area contributed by atoms with E-state index in [9.17, 15) is 5.11 Å². The Bertz CT molecular complexity index is 168. The molecule has 0 aliphatic heterocycles. The molecule has 1 nitrogen and oxygen atoms in total. The Morgan fingerprint density at radius 3 is 2.00 bits per heavy atom. The molecular weight excluding hydrogens is 160 g/mol. The molecule has 4 unspecified atom stereocenters. The van der Waals surface area contributed by atoms with Gasteiger partial charge in [0.05, 0.1) is 6.10 Å². The van der Waals surface area contributed by atoms with Gasteiger partial charge in [0.1, 0.15) is 0 Å². The lowest BCUT2D eigenvalue weighted by atomic mass is 9.64. The molecule has 0 spiro atoms. The van der Waals surface area contributed by atoms with Crippen molar-refractivity contribution < 1.29 is 5.11 Å². The number of hydrogen-bond donors (Lipinski definition) is 1. The van der Waals surface area contributed by atoms with E-state index in [1.165, 1.54) is 6.42 Å². The van der Waals surface area contributed by atoms with Crippen LogP contribution in [0.25, 0.3) is 0 Å². The van der Waals surface area contributed by atoms with E-state index in [4.69, 9.17) is 0 Å². The van der Waals surface area contributed by atoms with Crippen molar-refractivity contribution in [3.05, 3.63) is 0 Å². The standard InChI is InChI=1S/C12H24O/c1-8-7-11(13)9(2)6-10(8)12(3,4)5/h8-11,13H,6-7H2,1-5H3. The highest BCUT2D eigenvalue weighted by Crippen LogP contribution is 2.43.